The average molecular weight is 628 g/mol. The van der Waals surface area contributed by atoms with Crippen LogP contribution in [0.15, 0.2) is 66.9 Å². The Morgan fingerprint density at radius 1 is 0.870 bits per heavy atom. The lowest BCUT2D eigenvalue weighted by Gasteiger charge is -2.26. The maximum Gasteiger partial charge on any atom is 0.425 e. The van der Waals surface area contributed by atoms with Gasteiger partial charge in [0, 0.05) is 36.6 Å². The van der Waals surface area contributed by atoms with Crippen LogP contribution in [-0.2, 0) is 0 Å². The maximum absolute atomic E-state index is 13.8. The van der Waals surface area contributed by atoms with Crippen molar-refractivity contribution in [3.05, 3.63) is 78.0 Å². The van der Waals surface area contributed by atoms with E-state index in [2.05, 4.69) is 20.2 Å². The van der Waals surface area contributed by atoms with E-state index in [-0.39, 0.29) is 5.95 Å². The van der Waals surface area contributed by atoms with Gasteiger partial charge >= 0.3 is 6.09 Å². The predicted molar refractivity (Wildman–Crippen MR) is 178 cm³/mol. The number of carbonyl (C=O) groups is 1. The molecule has 0 radical (unpaired) electrons. The molecule has 1 saturated heterocycles. The van der Waals surface area contributed by atoms with Crippen LogP contribution in [0.2, 0.25) is 0 Å². The first-order valence-electron chi connectivity index (χ1n) is 15.3. The Bertz CT molecular complexity index is 1580. The van der Waals surface area contributed by atoms with Crippen molar-refractivity contribution in [1.29, 1.82) is 0 Å². The number of anilines is 4. The molecule has 46 heavy (non-hydrogen) atoms. The molecule has 1 aliphatic heterocycles. The Kier molecular flexibility index (Phi) is 10.8. The van der Waals surface area contributed by atoms with Crippen LogP contribution in [0.1, 0.15) is 30.4 Å². The lowest BCUT2D eigenvalue weighted by molar-refractivity contribution is 0.177. The number of ether oxygens (including phenoxy) is 5. The number of para-hydroxylation sites is 1. The van der Waals surface area contributed by atoms with Crippen molar-refractivity contribution in [2.75, 3.05) is 57.8 Å². The summed E-state index contributed by atoms with van der Waals surface area (Å²) in [4.78, 5) is 26.7. The zero-order valence-corrected chi connectivity index (χ0v) is 27.0. The number of nitrogens with one attached hydrogen (secondary N) is 1. The lowest BCUT2D eigenvalue weighted by Crippen LogP contribution is -2.33. The van der Waals surface area contributed by atoms with Gasteiger partial charge in [-0.3, -0.25) is 4.90 Å². The van der Waals surface area contributed by atoms with Gasteiger partial charge in [0.1, 0.15) is 23.9 Å². The Balaban J connectivity index is 1.40. The summed E-state index contributed by atoms with van der Waals surface area (Å²) >= 11 is 0. The molecule has 1 aliphatic rings. The number of methoxy groups -OCH3 is 3. The standard InChI is InChI=1S/C35H41N5O6/c1-24-10-9-11-25(2)32(24)46-35(41)40(27-12-14-28(42-3)15-13-27)31-16-17-36-34(38-31)37-26-22-29(43-4)33(30(23-26)44-5)45-21-20-39-18-7-6-8-19-39/h9-17,22-23H,6-8,18-21H2,1-5H3,(H,36,37,38). The smallest absolute Gasteiger partial charge is 0.425 e. The summed E-state index contributed by atoms with van der Waals surface area (Å²) in [5.41, 5.74) is 2.84. The number of aromatic nitrogens is 2. The van der Waals surface area contributed by atoms with E-state index in [0.29, 0.717) is 52.5 Å². The summed E-state index contributed by atoms with van der Waals surface area (Å²) in [6.07, 6.45) is 4.68. The summed E-state index contributed by atoms with van der Waals surface area (Å²) in [6, 6.07) is 18.0. The van der Waals surface area contributed by atoms with E-state index in [9.17, 15) is 4.79 Å². The molecule has 11 heteroatoms. The van der Waals surface area contributed by atoms with Gasteiger partial charge in [0.05, 0.1) is 27.0 Å². The number of hydrogen-bond donors (Lipinski definition) is 1. The number of hydrogen-bond acceptors (Lipinski definition) is 10. The number of carbonyl (C=O) groups excluding carboxylic acids is 1. The minimum absolute atomic E-state index is 0.249. The summed E-state index contributed by atoms with van der Waals surface area (Å²) < 4.78 is 28.8. The van der Waals surface area contributed by atoms with Crippen molar-refractivity contribution in [3.63, 3.8) is 0 Å². The number of amides is 1. The molecule has 1 fully saturated rings. The molecule has 4 aromatic rings. The fraction of sp³-hybridized carbons (Fsp3) is 0.343. The third kappa shape index (κ3) is 7.78. The molecule has 1 amide bonds. The Hall–Kier alpha value is -5.03. The molecule has 0 spiro atoms. The Labute approximate surface area is 270 Å². The van der Waals surface area contributed by atoms with Gasteiger partial charge in [-0.05, 0) is 75.2 Å². The fourth-order valence-electron chi connectivity index (χ4n) is 5.37. The lowest BCUT2D eigenvalue weighted by atomic mass is 10.1. The number of likely N-dealkylation sites (tertiary alicyclic amines) is 1. The van der Waals surface area contributed by atoms with Crippen molar-refractivity contribution in [2.24, 2.45) is 0 Å². The molecular weight excluding hydrogens is 586 g/mol. The van der Waals surface area contributed by atoms with E-state index in [4.69, 9.17) is 23.7 Å². The molecule has 5 rings (SSSR count). The van der Waals surface area contributed by atoms with Gasteiger partial charge in [-0.15, -0.1) is 0 Å². The van der Waals surface area contributed by atoms with Crippen molar-refractivity contribution in [3.8, 4) is 28.7 Å². The van der Waals surface area contributed by atoms with Gasteiger partial charge in [-0.25, -0.2) is 14.7 Å². The second kappa shape index (κ2) is 15.3. The molecule has 0 aliphatic carbocycles. The number of rotatable bonds is 12. The van der Waals surface area contributed by atoms with Crippen molar-refractivity contribution >= 4 is 29.2 Å². The topological polar surface area (TPSA) is 108 Å². The van der Waals surface area contributed by atoms with Crippen LogP contribution < -0.4 is 33.9 Å². The second-order valence-electron chi connectivity index (χ2n) is 10.9. The minimum Gasteiger partial charge on any atom is -0.497 e. The first kappa shape index (κ1) is 32.4. The number of benzene rings is 3. The first-order chi connectivity index (χ1) is 22.4. The minimum atomic E-state index is -0.624. The SMILES string of the molecule is COc1ccc(N(C(=O)Oc2c(C)cccc2C)c2ccnc(Nc3cc(OC)c(OCCN4CCCCC4)c(OC)c3)n2)cc1. The molecule has 0 atom stereocenters. The van der Waals surface area contributed by atoms with Gasteiger partial charge in [0.2, 0.25) is 11.7 Å². The van der Waals surface area contributed by atoms with Gasteiger partial charge in [-0.2, -0.15) is 4.98 Å². The van der Waals surface area contributed by atoms with Crippen molar-refractivity contribution in [1.82, 2.24) is 14.9 Å². The van der Waals surface area contributed by atoms with E-state index in [1.54, 1.807) is 70.0 Å². The molecule has 2 heterocycles. The van der Waals surface area contributed by atoms with Crippen LogP contribution in [0.5, 0.6) is 28.7 Å². The third-order valence-electron chi connectivity index (χ3n) is 7.80. The molecule has 1 aromatic heterocycles. The normalized spacial score (nSPS) is 13.1. The molecule has 242 valence electrons. The van der Waals surface area contributed by atoms with Gasteiger partial charge in [-0.1, -0.05) is 24.6 Å². The molecular formula is C35H41N5O6. The zero-order valence-electron chi connectivity index (χ0n) is 27.0. The molecule has 0 unspecified atom stereocenters. The van der Waals surface area contributed by atoms with Gasteiger partial charge in [0.15, 0.2) is 11.5 Å². The molecule has 0 saturated carbocycles. The van der Waals surface area contributed by atoms with Gasteiger partial charge < -0.3 is 29.0 Å². The van der Waals surface area contributed by atoms with Crippen LogP contribution in [-0.4, -0.2) is 68.5 Å². The average Bonchev–Trinajstić information content (AvgIpc) is 3.08. The number of aryl methyl sites for hydroxylation is 2. The summed E-state index contributed by atoms with van der Waals surface area (Å²) in [6.45, 7) is 7.34. The van der Waals surface area contributed by atoms with E-state index < -0.39 is 6.09 Å². The van der Waals surface area contributed by atoms with Crippen LogP contribution in [0, 0.1) is 13.8 Å². The fourth-order valence-corrected chi connectivity index (χ4v) is 5.37. The highest BCUT2D eigenvalue weighted by molar-refractivity contribution is 5.96. The second-order valence-corrected chi connectivity index (χ2v) is 10.9. The van der Waals surface area contributed by atoms with Crippen molar-refractivity contribution in [2.45, 2.75) is 33.1 Å². The van der Waals surface area contributed by atoms with Crippen LogP contribution in [0.4, 0.5) is 27.9 Å². The zero-order chi connectivity index (χ0) is 32.5. The molecule has 3 aromatic carbocycles. The maximum atomic E-state index is 13.8. The first-order valence-corrected chi connectivity index (χ1v) is 15.3. The highest BCUT2D eigenvalue weighted by Crippen LogP contribution is 2.41. The van der Waals surface area contributed by atoms with Crippen LogP contribution in [0.25, 0.3) is 0 Å². The number of piperidine rings is 1. The molecule has 1 N–H and O–H groups in total. The summed E-state index contributed by atoms with van der Waals surface area (Å²) in [5, 5.41) is 3.22. The van der Waals surface area contributed by atoms with Crippen LogP contribution >= 0.6 is 0 Å². The van der Waals surface area contributed by atoms with Gasteiger partial charge in [0.25, 0.3) is 0 Å². The Morgan fingerprint density at radius 3 is 2.17 bits per heavy atom. The molecule has 11 nitrogen and oxygen atoms in total. The third-order valence-corrected chi connectivity index (χ3v) is 7.80. The van der Waals surface area contributed by atoms with E-state index in [1.807, 2.05) is 32.0 Å². The van der Waals surface area contributed by atoms with E-state index >= 15 is 0 Å². The van der Waals surface area contributed by atoms with E-state index in [1.165, 1.54) is 24.2 Å². The number of nitrogens with zero attached hydrogens (tertiary/aromatic N) is 4. The summed E-state index contributed by atoms with van der Waals surface area (Å²) in [5.74, 6) is 3.24. The largest absolute Gasteiger partial charge is 0.497 e. The molecule has 0 bridgehead atoms. The summed E-state index contributed by atoms with van der Waals surface area (Å²) in [7, 11) is 4.76. The quantitative estimate of drug-likeness (QED) is 0.175. The van der Waals surface area contributed by atoms with E-state index in [0.717, 1.165) is 30.8 Å². The highest BCUT2D eigenvalue weighted by Gasteiger charge is 2.24. The van der Waals surface area contributed by atoms with Crippen molar-refractivity contribution < 1.29 is 28.5 Å². The predicted octanol–water partition coefficient (Wildman–Crippen LogP) is 7.06. The monoisotopic (exact) mass is 627 g/mol. The Morgan fingerprint density at radius 2 is 1.54 bits per heavy atom. The van der Waals surface area contributed by atoms with Crippen LogP contribution in [0.3, 0.4) is 0 Å². The highest BCUT2D eigenvalue weighted by atomic mass is 16.6.